The van der Waals surface area contributed by atoms with Crippen LogP contribution < -0.4 is 0 Å². The van der Waals surface area contributed by atoms with Gasteiger partial charge in [-0.3, -0.25) is 4.79 Å². The third-order valence-corrected chi connectivity index (χ3v) is 4.94. The number of hydrogen-bond donors (Lipinski definition) is 1. The van der Waals surface area contributed by atoms with E-state index >= 15 is 0 Å². The Morgan fingerprint density at radius 1 is 1.30 bits per heavy atom. The Labute approximate surface area is 142 Å². The largest absolute Gasteiger partial charge is 0.506 e. The molecular weight excluding hydrogens is 318 g/mol. The number of carbonyl (C=O) groups excluding carboxylic acids is 1. The number of hydrogen-bond acceptors (Lipinski definition) is 5. The van der Waals surface area contributed by atoms with Gasteiger partial charge in [0.25, 0.3) is 0 Å². The van der Waals surface area contributed by atoms with Crippen LogP contribution in [-0.4, -0.2) is 36.5 Å². The monoisotopic (exact) mass is 340 g/mol. The summed E-state index contributed by atoms with van der Waals surface area (Å²) in [6, 6.07) is 5.01. The lowest BCUT2D eigenvalue weighted by atomic mass is 9.66. The number of ether oxygens (including phenoxy) is 1. The molecular formula is C16H22BClO5. The van der Waals surface area contributed by atoms with E-state index < -0.39 is 30.1 Å². The number of esters is 1. The first-order chi connectivity index (χ1) is 10.6. The van der Waals surface area contributed by atoms with Crippen LogP contribution in [0.4, 0.5) is 0 Å². The predicted octanol–water partition coefficient (Wildman–Crippen LogP) is 3.32. The number of para-hydroxylation sites is 1. The van der Waals surface area contributed by atoms with Gasteiger partial charge in [-0.15, -0.1) is 0 Å². The fraction of sp³-hybridized carbons (Fsp3) is 0.562. The van der Waals surface area contributed by atoms with Crippen LogP contribution in [0.1, 0.15) is 45.5 Å². The minimum absolute atomic E-state index is 0.0151. The molecule has 0 bridgehead atoms. The molecule has 1 saturated heterocycles. The SMILES string of the molecule is COC(=O)CC(B1OC(C)(C)C(C)(C)O1)c1cccc(Cl)c1O. The Morgan fingerprint density at radius 3 is 2.39 bits per heavy atom. The van der Waals surface area contributed by atoms with Crippen LogP contribution in [0.25, 0.3) is 0 Å². The van der Waals surface area contributed by atoms with Gasteiger partial charge in [-0.05, 0) is 39.3 Å². The summed E-state index contributed by atoms with van der Waals surface area (Å²) in [6.07, 6.45) is 0.0151. The number of aromatic hydroxyl groups is 1. The van der Waals surface area contributed by atoms with Gasteiger partial charge in [-0.1, -0.05) is 23.7 Å². The van der Waals surface area contributed by atoms with E-state index in [1.165, 1.54) is 7.11 Å². The Hall–Kier alpha value is -1.24. The summed E-state index contributed by atoms with van der Waals surface area (Å²) >= 11 is 6.00. The van der Waals surface area contributed by atoms with E-state index in [4.69, 9.17) is 25.6 Å². The number of phenolic OH excluding ortho intramolecular Hbond substituents is 1. The molecule has 1 aliphatic rings. The maximum atomic E-state index is 11.8. The standard InChI is InChI=1S/C16H22BClO5/c1-15(2)16(3,4)23-17(22-15)11(9-13(19)21-5)10-7-6-8-12(18)14(10)20/h6-8,11,20H,9H2,1-5H3. The summed E-state index contributed by atoms with van der Waals surface area (Å²) < 4.78 is 16.8. The van der Waals surface area contributed by atoms with Crippen molar-refractivity contribution in [2.24, 2.45) is 0 Å². The summed E-state index contributed by atoms with van der Waals surface area (Å²) in [7, 11) is 0.630. The predicted molar refractivity (Wildman–Crippen MR) is 88.6 cm³/mol. The summed E-state index contributed by atoms with van der Waals surface area (Å²) in [5.41, 5.74) is -0.582. The number of benzene rings is 1. The van der Waals surface area contributed by atoms with Crippen LogP contribution in [0.15, 0.2) is 18.2 Å². The van der Waals surface area contributed by atoms with Crippen LogP contribution in [0.5, 0.6) is 5.75 Å². The summed E-state index contributed by atoms with van der Waals surface area (Å²) in [5.74, 6) is -1.01. The fourth-order valence-electron chi connectivity index (χ4n) is 2.50. The summed E-state index contributed by atoms with van der Waals surface area (Å²) in [4.78, 5) is 11.8. The van der Waals surface area contributed by atoms with Crippen molar-refractivity contribution in [1.82, 2.24) is 0 Å². The van der Waals surface area contributed by atoms with Crippen molar-refractivity contribution in [2.45, 2.75) is 51.1 Å². The first kappa shape index (κ1) is 18.1. The van der Waals surface area contributed by atoms with Crippen molar-refractivity contribution in [3.63, 3.8) is 0 Å². The van der Waals surface area contributed by atoms with Crippen molar-refractivity contribution in [3.8, 4) is 5.75 Å². The molecule has 1 aromatic rings. The topological polar surface area (TPSA) is 65.0 Å². The first-order valence-corrected chi connectivity index (χ1v) is 7.86. The van der Waals surface area contributed by atoms with Crippen molar-refractivity contribution in [3.05, 3.63) is 28.8 Å². The van der Waals surface area contributed by atoms with Gasteiger partial charge < -0.3 is 19.2 Å². The Kier molecular flexibility index (Phi) is 4.99. The molecule has 0 aromatic heterocycles. The number of halogens is 1. The van der Waals surface area contributed by atoms with Crippen LogP contribution in [0, 0.1) is 0 Å². The number of methoxy groups -OCH3 is 1. The smallest absolute Gasteiger partial charge is 0.466 e. The van der Waals surface area contributed by atoms with E-state index in [1.54, 1.807) is 18.2 Å². The van der Waals surface area contributed by atoms with Crippen LogP contribution in [0.2, 0.25) is 5.02 Å². The van der Waals surface area contributed by atoms with Crippen molar-refractivity contribution >= 4 is 24.7 Å². The normalized spacial score (nSPS) is 20.3. The molecule has 1 aliphatic heterocycles. The molecule has 23 heavy (non-hydrogen) atoms. The van der Waals surface area contributed by atoms with E-state index in [9.17, 15) is 9.90 Å². The molecule has 5 nitrogen and oxygen atoms in total. The number of carbonyl (C=O) groups is 1. The maximum absolute atomic E-state index is 11.8. The molecule has 126 valence electrons. The minimum Gasteiger partial charge on any atom is -0.506 e. The van der Waals surface area contributed by atoms with Gasteiger partial charge in [-0.2, -0.15) is 0 Å². The maximum Gasteiger partial charge on any atom is 0.466 e. The van der Waals surface area contributed by atoms with E-state index in [1.807, 2.05) is 27.7 Å². The molecule has 0 spiro atoms. The van der Waals surface area contributed by atoms with Crippen molar-refractivity contribution in [2.75, 3.05) is 7.11 Å². The van der Waals surface area contributed by atoms with Crippen molar-refractivity contribution < 1.29 is 23.9 Å². The number of phenols is 1. The second kappa shape index (κ2) is 6.34. The number of rotatable bonds is 4. The molecule has 1 N–H and O–H groups in total. The Balaban J connectivity index is 2.40. The van der Waals surface area contributed by atoms with Gasteiger partial charge in [-0.25, -0.2) is 0 Å². The van der Waals surface area contributed by atoms with Gasteiger partial charge >= 0.3 is 13.1 Å². The zero-order chi connectivity index (χ0) is 17.4. The highest BCUT2D eigenvalue weighted by Crippen LogP contribution is 2.44. The Morgan fingerprint density at radius 2 is 1.87 bits per heavy atom. The molecule has 0 aliphatic carbocycles. The zero-order valence-electron chi connectivity index (χ0n) is 14.1. The lowest BCUT2D eigenvalue weighted by Gasteiger charge is -2.32. The van der Waals surface area contributed by atoms with E-state index in [0.717, 1.165) is 0 Å². The highest BCUT2D eigenvalue weighted by atomic mass is 35.5. The average molecular weight is 341 g/mol. The second-order valence-corrected chi connectivity index (χ2v) is 7.10. The van der Waals surface area contributed by atoms with Gasteiger partial charge in [0, 0.05) is 5.82 Å². The summed E-state index contributed by atoms with van der Waals surface area (Å²) in [6.45, 7) is 7.72. The Bertz CT molecular complexity index is 586. The minimum atomic E-state index is -0.691. The third-order valence-electron chi connectivity index (χ3n) is 4.63. The molecule has 0 amide bonds. The van der Waals surface area contributed by atoms with E-state index in [2.05, 4.69) is 0 Å². The molecule has 1 fully saturated rings. The second-order valence-electron chi connectivity index (χ2n) is 6.69. The molecule has 1 atom stereocenters. The molecule has 0 saturated carbocycles. The van der Waals surface area contributed by atoms with Crippen molar-refractivity contribution in [1.29, 1.82) is 0 Å². The average Bonchev–Trinajstić information content (AvgIpc) is 2.67. The highest BCUT2D eigenvalue weighted by molar-refractivity contribution is 6.48. The van der Waals surface area contributed by atoms with Crippen LogP contribution >= 0.6 is 11.6 Å². The van der Waals surface area contributed by atoms with Crippen LogP contribution in [0.3, 0.4) is 0 Å². The first-order valence-electron chi connectivity index (χ1n) is 7.49. The molecule has 2 rings (SSSR count). The quantitative estimate of drug-likeness (QED) is 0.673. The van der Waals surface area contributed by atoms with Gasteiger partial charge in [0.15, 0.2) is 0 Å². The third kappa shape index (κ3) is 3.49. The highest BCUT2D eigenvalue weighted by Gasteiger charge is 2.54. The molecule has 0 radical (unpaired) electrons. The van der Waals surface area contributed by atoms with E-state index in [-0.39, 0.29) is 17.2 Å². The molecule has 1 unspecified atom stereocenters. The molecule has 1 aromatic carbocycles. The molecule has 7 heteroatoms. The molecule has 1 heterocycles. The lowest BCUT2D eigenvalue weighted by molar-refractivity contribution is -0.140. The van der Waals surface area contributed by atoms with Gasteiger partial charge in [0.1, 0.15) is 5.75 Å². The summed E-state index contributed by atoms with van der Waals surface area (Å²) in [5, 5.41) is 10.5. The van der Waals surface area contributed by atoms with E-state index in [0.29, 0.717) is 5.56 Å². The van der Waals surface area contributed by atoms with Gasteiger partial charge in [0.05, 0.1) is 29.8 Å². The van der Waals surface area contributed by atoms with Gasteiger partial charge in [0.2, 0.25) is 0 Å². The zero-order valence-corrected chi connectivity index (χ0v) is 14.8. The fourth-order valence-corrected chi connectivity index (χ4v) is 2.68. The van der Waals surface area contributed by atoms with Crippen LogP contribution in [-0.2, 0) is 18.8 Å². The lowest BCUT2D eigenvalue weighted by Crippen LogP contribution is -2.41.